The number of halogens is 4. The van der Waals surface area contributed by atoms with Gasteiger partial charge in [-0.3, -0.25) is 0 Å². The van der Waals surface area contributed by atoms with E-state index in [0.717, 1.165) is 74.6 Å². The Labute approximate surface area is 206 Å². The van der Waals surface area contributed by atoms with Gasteiger partial charge in [0.05, 0.1) is 6.61 Å². The minimum atomic E-state index is -4.04. The minimum absolute atomic E-state index is 0.0106. The Morgan fingerprint density at radius 1 is 0.943 bits per heavy atom. The van der Waals surface area contributed by atoms with E-state index in [2.05, 4.69) is 12.7 Å². The molecule has 0 aliphatic heterocycles. The van der Waals surface area contributed by atoms with E-state index in [1.165, 1.54) is 0 Å². The van der Waals surface area contributed by atoms with Gasteiger partial charge in [0.15, 0.2) is 0 Å². The van der Waals surface area contributed by atoms with Crippen LogP contribution in [0.5, 0.6) is 0 Å². The molecule has 5 heteroatoms. The van der Waals surface area contributed by atoms with Gasteiger partial charge in [-0.2, -0.15) is 8.78 Å². The Kier molecular flexibility index (Phi) is 10.1. The molecule has 0 heterocycles. The fourth-order valence-electron chi connectivity index (χ4n) is 4.90. The summed E-state index contributed by atoms with van der Waals surface area (Å²) in [5, 5.41) is 0. The van der Waals surface area contributed by atoms with Crippen molar-refractivity contribution >= 4 is 0 Å². The van der Waals surface area contributed by atoms with E-state index < -0.39 is 23.3 Å². The topological polar surface area (TPSA) is 9.23 Å². The highest BCUT2D eigenvalue weighted by molar-refractivity contribution is 5.31. The van der Waals surface area contributed by atoms with Crippen molar-refractivity contribution in [3.63, 3.8) is 0 Å². The van der Waals surface area contributed by atoms with Crippen LogP contribution in [0.3, 0.4) is 0 Å². The third kappa shape index (κ3) is 7.79. The summed E-state index contributed by atoms with van der Waals surface area (Å²) in [6.07, 6.45) is 9.62. The first kappa shape index (κ1) is 27.2. The summed E-state index contributed by atoms with van der Waals surface area (Å²) >= 11 is 0. The van der Waals surface area contributed by atoms with Crippen LogP contribution in [0.25, 0.3) is 0 Å². The van der Waals surface area contributed by atoms with Gasteiger partial charge in [-0.25, -0.2) is 8.78 Å². The second kappa shape index (κ2) is 13.1. The van der Waals surface area contributed by atoms with Crippen molar-refractivity contribution in [3.05, 3.63) is 95.1 Å². The maximum atomic E-state index is 14.7. The van der Waals surface area contributed by atoms with Crippen LogP contribution in [0.15, 0.2) is 61.2 Å². The van der Waals surface area contributed by atoms with Gasteiger partial charge in [0.25, 0.3) is 0 Å². The molecule has 2 aromatic carbocycles. The van der Waals surface area contributed by atoms with Gasteiger partial charge in [0.2, 0.25) is 0 Å². The molecule has 1 aliphatic carbocycles. The average Bonchev–Trinajstić information content (AvgIpc) is 2.83. The summed E-state index contributed by atoms with van der Waals surface area (Å²) in [5.41, 5.74) is 1.14. The largest absolute Gasteiger partial charge is 0.389 e. The van der Waals surface area contributed by atoms with Gasteiger partial charge >= 0.3 is 6.11 Å². The van der Waals surface area contributed by atoms with E-state index in [-0.39, 0.29) is 18.9 Å². The summed E-state index contributed by atoms with van der Waals surface area (Å²) < 4.78 is 63.4. The van der Waals surface area contributed by atoms with Crippen molar-refractivity contribution in [2.45, 2.75) is 76.7 Å². The normalized spacial score (nSPS) is 18.8. The molecule has 1 aliphatic rings. The molecule has 0 unspecified atom stereocenters. The van der Waals surface area contributed by atoms with Gasteiger partial charge in [0.1, 0.15) is 17.2 Å². The predicted molar refractivity (Wildman–Crippen MR) is 134 cm³/mol. The molecule has 1 fully saturated rings. The molecule has 1 saturated carbocycles. The van der Waals surface area contributed by atoms with Crippen LogP contribution in [0.1, 0.15) is 80.0 Å². The molecule has 0 aromatic heterocycles. The Balaban J connectivity index is 1.57. The first-order chi connectivity index (χ1) is 16.8. The third-order valence-electron chi connectivity index (χ3n) is 6.99. The Morgan fingerprint density at radius 3 is 2.11 bits per heavy atom. The summed E-state index contributed by atoms with van der Waals surface area (Å²) in [4.78, 5) is 0. The lowest BCUT2D eigenvalue weighted by Crippen LogP contribution is -2.24. The Bertz CT molecular complexity index is 949. The molecule has 0 radical (unpaired) electrons. The standard InChI is InChI=1S/C30H36F4O/c1-3-5-7-9-23-10-12-24(13-11-23)18-19-35-30(33,34)29-27(31)20-26(21-28(29)32)25-16-14-22(15-17-25)8-6-4-2/h3-5,10-13,20-22,25H,2,6-9,14-19H2,1H3/b5-3+/t22-,25-. The molecule has 35 heavy (non-hydrogen) atoms. The van der Waals surface area contributed by atoms with E-state index in [1.807, 2.05) is 43.3 Å². The number of alkyl halides is 2. The SMILES string of the molecule is C=CCC[C@H]1CC[C@H](c2cc(F)c(C(F)(F)OCCc3ccc(CC/C=C/C)cc3)c(F)c2)CC1. The van der Waals surface area contributed by atoms with Crippen LogP contribution in [-0.4, -0.2) is 6.61 Å². The number of allylic oxidation sites excluding steroid dienone is 3. The fraction of sp³-hybridized carbons (Fsp3) is 0.467. The van der Waals surface area contributed by atoms with Crippen molar-refractivity contribution < 1.29 is 22.3 Å². The monoisotopic (exact) mass is 488 g/mol. The average molecular weight is 489 g/mol. The van der Waals surface area contributed by atoms with Crippen LogP contribution >= 0.6 is 0 Å². The Morgan fingerprint density at radius 2 is 1.54 bits per heavy atom. The van der Waals surface area contributed by atoms with Crippen LogP contribution in [0, 0.1) is 17.6 Å². The first-order valence-electron chi connectivity index (χ1n) is 12.6. The van der Waals surface area contributed by atoms with Crippen molar-refractivity contribution in [1.29, 1.82) is 0 Å². The molecule has 0 atom stereocenters. The maximum absolute atomic E-state index is 14.7. The zero-order valence-corrected chi connectivity index (χ0v) is 20.5. The molecular formula is C30H36F4O. The number of rotatable bonds is 12. The van der Waals surface area contributed by atoms with E-state index in [4.69, 9.17) is 4.74 Å². The molecule has 1 nitrogen and oxygen atoms in total. The smallest absolute Gasteiger partial charge is 0.316 e. The highest BCUT2D eigenvalue weighted by Gasteiger charge is 2.40. The molecule has 3 rings (SSSR count). The first-order valence-corrected chi connectivity index (χ1v) is 12.6. The lowest BCUT2D eigenvalue weighted by Gasteiger charge is -2.29. The lowest BCUT2D eigenvalue weighted by molar-refractivity contribution is -0.251. The molecule has 0 saturated heterocycles. The molecular weight excluding hydrogens is 452 g/mol. The van der Waals surface area contributed by atoms with Gasteiger partial charge in [0, 0.05) is 0 Å². The lowest BCUT2D eigenvalue weighted by atomic mass is 9.77. The van der Waals surface area contributed by atoms with E-state index in [1.54, 1.807) is 0 Å². The molecule has 0 spiro atoms. The molecule has 2 aromatic rings. The molecule has 190 valence electrons. The second-order valence-corrected chi connectivity index (χ2v) is 9.48. The summed E-state index contributed by atoms with van der Waals surface area (Å²) in [7, 11) is 0. The fourth-order valence-corrected chi connectivity index (χ4v) is 4.90. The van der Waals surface area contributed by atoms with Crippen molar-refractivity contribution in [3.8, 4) is 0 Å². The maximum Gasteiger partial charge on any atom is 0.389 e. The van der Waals surface area contributed by atoms with E-state index >= 15 is 0 Å². The van der Waals surface area contributed by atoms with Crippen LogP contribution < -0.4 is 0 Å². The van der Waals surface area contributed by atoms with Gasteiger partial charge in [-0.05, 0) is 105 Å². The highest BCUT2D eigenvalue weighted by Crippen LogP contribution is 2.40. The number of benzene rings is 2. The van der Waals surface area contributed by atoms with Gasteiger partial charge in [-0.15, -0.1) is 6.58 Å². The Hall–Kier alpha value is -2.40. The highest BCUT2D eigenvalue weighted by atomic mass is 19.3. The molecule has 0 N–H and O–H groups in total. The summed E-state index contributed by atoms with van der Waals surface area (Å²) in [6, 6.07) is 9.79. The number of hydrogen-bond acceptors (Lipinski definition) is 1. The summed E-state index contributed by atoms with van der Waals surface area (Å²) in [6.45, 7) is 5.37. The third-order valence-corrected chi connectivity index (χ3v) is 6.99. The number of hydrogen-bond donors (Lipinski definition) is 0. The summed E-state index contributed by atoms with van der Waals surface area (Å²) in [5.74, 6) is -1.91. The van der Waals surface area contributed by atoms with Crippen LogP contribution in [-0.2, 0) is 23.7 Å². The zero-order valence-electron chi connectivity index (χ0n) is 20.5. The molecule has 0 bridgehead atoms. The predicted octanol–water partition coefficient (Wildman–Crippen LogP) is 9.02. The van der Waals surface area contributed by atoms with Gasteiger partial charge in [-0.1, -0.05) is 42.5 Å². The molecule has 0 amide bonds. The van der Waals surface area contributed by atoms with Gasteiger partial charge < -0.3 is 4.74 Å². The van der Waals surface area contributed by atoms with Crippen LogP contribution in [0.2, 0.25) is 0 Å². The van der Waals surface area contributed by atoms with E-state index in [9.17, 15) is 17.6 Å². The van der Waals surface area contributed by atoms with Crippen molar-refractivity contribution in [2.24, 2.45) is 5.92 Å². The quantitative estimate of drug-likeness (QED) is 0.214. The second-order valence-electron chi connectivity index (χ2n) is 9.48. The van der Waals surface area contributed by atoms with Crippen molar-refractivity contribution in [2.75, 3.05) is 6.61 Å². The number of aryl methyl sites for hydroxylation is 1. The zero-order chi connectivity index (χ0) is 25.3. The minimum Gasteiger partial charge on any atom is -0.316 e. The van der Waals surface area contributed by atoms with E-state index in [0.29, 0.717) is 11.5 Å². The van der Waals surface area contributed by atoms with Crippen molar-refractivity contribution in [1.82, 2.24) is 0 Å². The number of ether oxygens (including phenoxy) is 1. The van der Waals surface area contributed by atoms with Crippen LogP contribution in [0.4, 0.5) is 17.6 Å².